The van der Waals surface area contributed by atoms with Gasteiger partial charge in [-0.25, -0.2) is 0 Å². The van der Waals surface area contributed by atoms with Gasteiger partial charge in [0, 0.05) is 12.5 Å². The maximum absolute atomic E-state index is 12.7. The van der Waals surface area contributed by atoms with Crippen LogP contribution in [0.25, 0.3) is 0 Å². The summed E-state index contributed by atoms with van der Waals surface area (Å²) in [7, 11) is 4.04. The van der Waals surface area contributed by atoms with Crippen molar-refractivity contribution in [3.8, 4) is 5.75 Å². The van der Waals surface area contributed by atoms with Gasteiger partial charge in [0.15, 0.2) is 0 Å². The first-order valence-electron chi connectivity index (χ1n) is 8.90. The maximum atomic E-state index is 12.7. The second-order valence-corrected chi connectivity index (χ2v) is 7.51. The van der Waals surface area contributed by atoms with Crippen molar-refractivity contribution in [2.75, 3.05) is 45.7 Å². The Morgan fingerprint density at radius 1 is 1.38 bits per heavy atom. The minimum atomic E-state index is 0.151. The molecule has 1 aromatic rings. The van der Waals surface area contributed by atoms with Crippen LogP contribution in [0.4, 0.5) is 5.69 Å². The highest BCUT2D eigenvalue weighted by atomic mass is 16.5. The lowest BCUT2D eigenvalue weighted by molar-refractivity contribution is -0.118. The van der Waals surface area contributed by atoms with Gasteiger partial charge in [-0.2, -0.15) is 0 Å². The Balaban J connectivity index is 1.63. The average Bonchev–Trinajstić information content (AvgIpc) is 3.23. The zero-order valence-corrected chi connectivity index (χ0v) is 15.0. The molecule has 1 aromatic carbocycles. The van der Waals surface area contributed by atoms with Crippen LogP contribution >= 0.6 is 0 Å². The largest absolute Gasteiger partial charge is 0.490 e. The molecule has 2 N–H and O–H groups in total. The maximum Gasteiger partial charge on any atom is 0.228 e. The Hall–Kier alpha value is -1.59. The molecule has 5 heteroatoms. The number of aryl methyl sites for hydroxylation is 1. The van der Waals surface area contributed by atoms with Gasteiger partial charge in [-0.15, -0.1) is 0 Å². The smallest absolute Gasteiger partial charge is 0.228 e. The molecule has 1 aliphatic carbocycles. The first-order chi connectivity index (χ1) is 11.5. The van der Waals surface area contributed by atoms with Crippen molar-refractivity contribution < 1.29 is 9.53 Å². The molecule has 2 fully saturated rings. The fraction of sp³-hybridized carbons (Fsp3) is 0.632. The number of anilines is 1. The quantitative estimate of drug-likeness (QED) is 0.840. The van der Waals surface area contributed by atoms with Crippen LogP contribution in [0, 0.1) is 18.3 Å². The van der Waals surface area contributed by atoms with E-state index >= 15 is 0 Å². The van der Waals surface area contributed by atoms with Crippen molar-refractivity contribution >= 4 is 11.6 Å². The Morgan fingerprint density at radius 2 is 2.12 bits per heavy atom. The van der Waals surface area contributed by atoms with Crippen molar-refractivity contribution in [1.29, 1.82) is 0 Å². The summed E-state index contributed by atoms with van der Waals surface area (Å²) in [6.45, 7) is 5.56. The summed E-state index contributed by atoms with van der Waals surface area (Å²) in [4.78, 5) is 14.8. The van der Waals surface area contributed by atoms with Crippen LogP contribution in [-0.4, -0.2) is 51.1 Å². The molecule has 1 spiro atoms. The van der Waals surface area contributed by atoms with Crippen molar-refractivity contribution in [2.45, 2.75) is 26.2 Å². The zero-order valence-electron chi connectivity index (χ0n) is 15.0. The number of nitrogens with one attached hydrogen (secondary N) is 2. The second-order valence-electron chi connectivity index (χ2n) is 7.51. The summed E-state index contributed by atoms with van der Waals surface area (Å²) in [6.07, 6.45) is 3.26. The highest BCUT2D eigenvalue weighted by molar-refractivity contribution is 5.96. The number of piperidine rings is 1. The van der Waals surface area contributed by atoms with Gasteiger partial charge in [0.25, 0.3) is 0 Å². The van der Waals surface area contributed by atoms with Crippen LogP contribution in [-0.2, 0) is 4.79 Å². The van der Waals surface area contributed by atoms with E-state index in [-0.39, 0.29) is 17.2 Å². The first-order valence-corrected chi connectivity index (χ1v) is 8.90. The average molecular weight is 331 g/mol. The minimum Gasteiger partial charge on any atom is -0.490 e. The number of rotatable bonds is 6. The SMILES string of the molecule is Cc1ccc(NC(=O)C2CC23CCNCC3)c(OCCN(C)C)c1. The molecule has 2 aliphatic rings. The van der Waals surface area contributed by atoms with Gasteiger partial charge in [0.1, 0.15) is 12.4 Å². The minimum absolute atomic E-state index is 0.151. The number of likely N-dealkylation sites (N-methyl/N-ethyl adjacent to an activating group) is 1. The molecule has 0 bridgehead atoms. The Morgan fingerprint density at radius 3 is 2.83 bits per heavy atom. The van der Waals surface area contributed by atoms with E-state index in [1.807, 2.05) is 39.2 Å². The summed E-state index contributed by atoms with van der Waals surface area (Å²) in [5.74, 6) is 1.08. The Kier molecular flexibility index (Phi) is 5.11. The third kappa shape index (κ3) is 3.90. The number of nitrogens with zero attached hydrogens (tertiary/aromatic N) is 1. The van der Waals surface area contributed by atoms with Gasteiger partial charge in [0.2, 0.25) is 5.91 Å². The summed E-state index contributed by atoms with van der Waals surface area (Å²) in [5, 5.41) is 6.49. The van der Waals surface area contributed by atoms with E-state index in [1.165, 1.54) is 0 Å². The van der Waals surface area contributed by atoms with E-state index in [9.17, 15) is 4.79 Å². The Bertz CT molecular complexity index is 594. The molecule has 0 aromatic heterocycles. The number of amides is 1. The first kappa shape index (κ1) is 17.2. The molecule has 1 heterocycles. The van der Waals surface area contributed by atoms with Crippen LogP contribution < -0.4 is 15.4 Å². The zero-order chi connectivity index (χ0) is 17.2. The molecular formula is C19H29N3O2. The summed E-state index contributed by atoms with van der Waals surface area (Å²) in [5.41, 5.74) is 2.18. The summed E-state index contributed by atoms with van der Waals surface area (Å²) >= 11 is 0. The van der Waals surface area contributed by atoms with Crippen LogP contribution in [0.1, 0.15) is 24.8 Å². The standard InChI is InChI=1S/C19H29N3O2/c1-14-4-5-16(17(12-14)24-11-10-22(2)3)21-18(23)15-13-19(15)6-8-20-9-7-19/h4-5,12,15,20H,6-11,13H2,1-3H3,(H,21,23). The van der Waals surface area contributed by atoms with E-state index in [2.05, 4.69) is 15.5 Å². The number of carbonyl (C=O) groups excluding carboxylic acids is 1. The van der Waals surface area contributed by atoms with E-state index in [0.29, 0.717) is 6.61 Å². The van der Waals surface area contributed by atoms with E-state index < -0.39 is 0 Å². The molecule has 1 saturated heterocycles. The molecule has 1 aliphatic heterocycles. The van der Waals surface area contributed by atoms with Crippen LogP contribution in [0.3, 0.4) is 0 Å². The fourth-order valence-electron chi connectivity index (χ4n) is 3.61. The van der Waals surface area contributed by atoms with Gasteiger partial charge in [-0.1, -0.05) is 6.07 Å². The van der Waals surface area contributed by atoms with Crippen LogP contribution in [0.5, 0.6) is 5.75 Å². The van der Waals surface area contributed by atoms with E-state index in [4.69, 9.17) is 4.74 Å². The summed E-state index contributed by atoms with van der Waals surface area (Å²) in [6, 6.07) is 5.97. The normalized spacial score (nSPS) is 21.8. The third-order valence-corrected chi connectivity index (χ3v) is 5.30. The van der Waals surface area contributed by atoms with Crippen LogP contribution in [0.15, 0.2) is 18.2 Å². The topological polar surface area (TPSA) is 53.6 Å². The van der Waals surface area contributed by atoms with Crippen molar-refractivity contribution in [3.63, 3.8) is 0 Å². The van der Waals surface area contributed by atoms with Crippen molar-refractivity contribution in [3.05, 3.63) is 23.8 Å². The molecule has 5 nitrogen and oxygen atoms in total. The van der Waals surface area contributed by atoms with E-state index in [1.54, 1.807) is 0 Å². The number of hydrogen-bond donors (Lipinski definition) is 2. The van der Waals surface area contributed by atoms with Gasteiger partial charge >= 0.3 is 0 Å². The van der Waals surface area contributed by atoms with Gasteiger partial charge in [-0.05, 0) is 76.5 Å². The lowest BCUT2D eigenvalue weighted by Crippen LogP contribution is -2.31. The fourth-order valence-corrected chi connectivity index (χ4v) is 3.61. The molecule has 3 rings (SSSR count). The Labute approximate surface area is 144 Å². The van der Waals surface area contributed by atoms with Gasteiger partial charge in [0.05, 0.1) is 5.69 Å². The number of hydrogen-bond acceptors (Lipinski definition) is 4. The lowest BCUT2D eigenvalue weighted by atomic mass is 9.92. The molecular weight excluding hydrogens is 302 g/mol. The highest BCUT2D eigenvalue weighted by Gasteiger charge is 2.57. The van der Waals surface area contributed by atoms with Gasteiger partial charge < -0.3 is 20.3 Å². The predicted octanol–water partition coefficient (Wildman–Crippen LogP) is 2.26. The predicted molar refractivity (Wildman–Crippen MR) is 96.5 cm³/mol. The molecule has 1 atom stereocenters. The molecule has 0 radical (unpaired) electrons. The molecule has 1 unspecified atom stereocenters. The molecule has 24 heavy (non-hydrogen) atoms. The van der Waals surface area contributed by atoms with Crippen molar-refractivity contribution in [2.24, 2.45) is 11.3 Å². The van der Waals surface area contributed by atoms with E-state index in [0.717, 1.165) is 55.9 Å². The molecule has 1 amide bonds. The third-order valence-electron chi connectivity index (χ3n) is 5.30. The molecule has 1 saturated carbocycles. The molecule has 132 valence electrons. The van der Waals surface area contributed by atoms with Crippen LogP contribution in [0.2, 0.25) is 0 Å². The highest BCUT2D eigenvalue weighted by Crippen LogP contribution is 2.58. The second kappa shape index (κ2) is 7.11. The number of benzene rings is 1. The van der Waals surface area contributed by atoms with Crippen molar-refractivity contribution in [1.82, 2.24) is 10.2 Å². The van der Waals surface area contributed by atoms with Gasteiger partial charge in [-0.3, -0.25) is 4.79 Å². The number of carbonyl (C=O) groups is 1. The monoisotopic (exact) mass is 331 g/mol. The lowest BCUT2D eigenvalue weighted by Gasteiger charge is -2.23. The summed E-state index contributed by atoms with van der Waals surface area (Å²) < 4.78 is 5.90. The number of ether oxygens (including phenoxy) is 1.